The molecule has 3 heterocycles. The van der Waals surface area contributed by atoms with E-state index < -0.39 is 0 Å². The molecular weight excluding hydrogens is 398 g/mol. The van der Waals surface area contributed by atoms with Gasteiger partial charge < -0.3 is 4.74 Å². The van der Waals surface area contributed by atoms with Crippen molar-refractivity contribution in [2.24, 2.45) is 0 Å². The Morgan fingerprint density at radius 3 is 2.77 bits per heavy atom. The van der Waals surface area contributed by atoms with Crippen LogP contribution >= 0.6 is 11.8 Å². The molecule has 30 heavy (non-hydrogen) atoms. The molecule has 0 spiro atoms. The lowest BCUT2D eigenvalue weighted by Crippen LogP contribution is -2.15. The van der Waals surface area contributed by atoms with Gasteiger partial charge in [0.15, 0.2) is 11.0 Å². The fraction of sp³-hybridized carbons (Fsp3) is 0.381. The molecule has 1 aliphatic carbocycles. The Bertz CT molecular complexity index is 1180. The van der Waals surface area contributed by atoms with Crippen LogP contribution < -0.4 is 4.74 Å². The average Bonchev–Trinajstić information content (AvgIpc) is 3.41. The van der Waals surface area contributed by atoms with Crippen molar-refractivity contribution < 1.29 is 4.74 Å². The number of hydrogen-bond donors (Lipinski definition) is 0. The molecule has 5 rings (SSSR count). The maximum absolute atomic E-state index is 5.61. The molecule has 0 atom stereocenters. The molecule has 0 amide bonds. The van der Waals surface area contributed by atoms with E-state index in [4.69, 9.17) is 4.74 Å². The number of rotatable bonds is 5. The molecule has 0 radical (unpaired) electrons. The molecule has 0 unspecified atom stereocenters. The largest absolute Gasteiger partial charge is 0.496 e. The van der Waals surface area contributed by atoms with Crippen LogP contribution in [0.3, 0.4) is 0 Å². The van der Waals surface area contributed by atoms with Crippen molar-refractivity contribution in [1.29, 1.82) is 0 Å². The highest BCUT2D eigenvalue weighted by atomic mass is 32.2. The van der Waals surface area contributed by atoms with Gasteiger partial charge in [-0.15, -0.1) is 10.2 Å². The monoisotopic (exact) mass is 421 g/mol. The summed E-state index contributed by atoms with van der Waals surface area (Å²) >= 11 is 1.55. The van der Waals surface area contributed by atoms with E-state index >= 15 is 0 Å². The minimum atomic E-state index is 0.366. The van der Waals surface area contributed by atoms with E-state index in [9.17, 15) is 0 Å². The first-order valence-electron chi connectivity index (χ1n) is 10.2. The van der Waals surface area contributed by atoms with E-state index in [1.54, 1.807) is 23.4 Å². The highest BCUT2D eigenvalue weighted by Crippen LogP contribution is 2.39. The van der Waals surface area contributed by atoms with Crippen LogP contribution in [-0.2, 0) is 0 Å². The van der Waals surface area contributed by atoms with Crippen molar-refractivity contribution in [1.82, 2.24) is 34.3 Å². The van der Waals surface area contributed by atoms with Gasteiger partial charge in [0.1, 0.15) is 17.1 Å². The lowest BCUT2D eigenvalue weighted by atomic mass is 9.95. The molecule has 0 bridgehead atoms. The number of ether oxygens (including phenoxy) is 1. The number of nitrogens with zero attached hydrogens (tertiary/aromatic N) is 7. The van der Waals surface area contributed by atoms with Gasteiger partial charge in [-0.3, -0.25) is 4.57 Å². The Morgan fingerprint density at radius 2 is 1.93 bits per heavy atom. The molecule has 0 aliphatic heterocycles. The molecule has 1 fully saturated rings. The van der Waals surface area contributed by atoms with Crippen LogP contribution in [0.1, 0.15) is 43.8 Å². The maximum Gasteiger partial charge on any atom is 0.253 e. The Hall–Kier alpha value is -2.94. The zero-order valence-electron chi connectivity index (χ0n) is 17.0. The Labute approximate surface area is 178 Å². The predicted molar refractivity (Wildman–Crippen MR) is 114 cm³/mol. The number of benzene rings is 1. The van der Waals surface area contributed by atoms with Gasteiger partial charge in [-0.1, -0.05) is 31.4 Å². The van der Waals surface area contributed by atoms with Gasteiger partial charge in [0.05, 0.1) is 12.7 Å². The van der Waals surface area contributed by atoms with Crippen molar-refractivity contribution in [3.63, 3.8) is 0 Å². The summed E-state index contributed by atoms with van der Waals surface area (Å²) in [6, 6.07) is 10.4. The third kappa shape index (κ3) is 3.43. The summed E-state index contributed by atoms with van der Waals surface area (Å²) in [6.45, 7) is 1.96. The molecule has 4 aromatic rings. The minimum Gasteiger partial charge on any atom is -0.496 e. The number of para-hydroxylation sites is 1. The molecule has 9 heteroatoms. The molecule has 1 saturated carbocycles. The lowest BCUT2D eigenvalue weighted by molar-refractivity contribution is 0.338. The first kappa shape index (κ1) is 19.0. The Balaban J connectivity index is 1.63. The fourth-order valence-electron chi connectivity index (χ4n) is 4.09. The summed E-state index contributed by atoms with van der Waals surface area (Å²) in [4.78, 5) is 8.68. The van der Waals surface area contributed by atoms with Crippen LogP contribution in [0.15, 0.2) is 46.8 Å². The smallest absolute Gasteiger partial charge is 0.253 e. The molecule has 3 aromatic heterocycles. The van der Waals surface area contributed by atoms with Crippen LogP contribution in [0.5, 0.6) is 5.75 Å². The molecule has 1 aliphatic rings. The summed E-state index contributed by atoms with van der Waals surface area (Å²) in [5.41, 5.74) is 1.86. The van der Waals surface area contributed by atoms with Crippen molar-refractivity contribution in [2.45, 2.75) is 55.3 Å². The SMILES string of the molecule is COc1ccccc1-c1nnc(Sc2cc(C)nc3ncnn23)n1C1CCCCC1. The van der Waals surface area contributed by atoms with Crippen molar-refractivity contribution in [3.8, 4) is 17.1 Å². The summed E-state index contributed by atoms with van der Waals surface area (Å²) in [7, 11) is 1.69. The van der Waals surface area contributed by atoms with E-state index in [0.717, 1.165) is 45.9 Å². The van der Waals surface area contributed by atoms with Crippen LogP contribution in [0, 0.1) is 6.92 Å². The zero-order chi connectivity index (χ0) is 20.5. The third-order valence-electron chi connectivity index (χ3n) is 5.50. The summed E-state index contributed by atoms with van der Waals surface area (Å²) in [6.07, 6.45) is 7.51. The van der Waals surface area contributed by atoms with Gasteiger partial charge in [-0.2, -0.15) is 14.6 Å². The number of fused-ring (bicyclic) bond motifs is 1. The van der Waals surface area contributed by atoms with Gasteiger partial charge in [-0.25, -0.2) is 4.98 Å². The third-order valence-corrected chi connectivity index (χ3v) is 6.46. The van der Waals surface area contributed by atoms with Crippen molar-refractivity contribution in [2.75, 3.05) is 7.11 Å². The highest BCUT2D eigenvalue weighted by molar-refractivity contribution is 7.99. The van der Waals surface area contributed by atoms with Crippen LogP contribution in [0.2, 0.25) is 0 Å². The van der Waals surface area contributed by atoms with Crippen molar-refractivity contribution >= 4 is 17.5 Å². The quantitative estimate of drug-likeness (QED) is 0.443. The zero-order valence-corrected chi connectivity index (χ0v) is 17.8. The topological polar surface area (TPSA) is 83.0 Å². The van der Waals surface area contributed by atoms with E-state index in [2.05, 4.69) is 29.8 Å². The minimum absolute atomic E-state index is 0.366. The fourth-order valence-corrected chi connectivity index (χ4v) is 5.14. The van der Waals surface area contributed by atoms with Gasteiger partial charge in [0, 0.05) is 11.7 Å². The number of aromatic nitrogens is 7. The summed E-state index contributed by atoms with van der Waals surface area (Å²) in [5.74, 6) is 2.24. The van der Waals surface area contributed by atoms with Gasteiger partial charge in [0.2, 0.25) is 0 Å². The second kappa shape index (κ2) is 8.06. The van der Waals surface area contributed by atoms with Gasteiger partial charge >= 0.3 is 0 Å². The standard InChI is InChI=1S/C21H23N7OS/c1-14-12-18(28-20(24-14)22-13-23-28)30-21-26-25-19(16-10-6-7-11-17(16)29-2)27(21)15-8-4-3-5-9-15/h6-7,10-13,15H,3-5,8-9H2,1-2H3. The molecule has 1 aromatic carbocycles. The predicted octanol–water partition coefficient (Wildman–Crippen LogP) is 4.36. The van der Waals surface area contributed by atoms with Gasteiger partial charge in [0.25, 0.3) is 5.78 Å². The lowest BCUT2D eigenvalue weighted by Gasteiger charge is -2.26. The first-order chi connectivity index (χ1) is 14.7. The van der Waals surface area contributed by atoms with E-state index in [1.807, 2.05) is 37.3 Å². The first-order valence-corrected chi connectivity index (χ1v) is 11.0. The normalized spacial score (nSPS) is 15.0. The van der Waals surface area contributed by atoms with E-state index in [-0.39, 0.29) is 0 Å². The number of aryl methyl sites for hydroxylation is 1. The van der Waals surface area contributed by atoms with E-state index in [0.29, 0.717) is 11.8 Å². The van der Waals surface area contributed by atoms with Crippen LogP contribution in [0.25, 0.3) is 17.2 Å². The van der Waals surface area contributed by atoms with Crippen molar-refractivity contribution in [3.05, 3.63) is 42.4 Å². The van der Waals surface area contributed by atoms with Crippen LogP contribution in [-0.4, -0.2) is 41.5 Å². The number of methoxy groups -OCH3 is 1. The van der Waals surface area contributed by atoms with Crippen LogP contribution in [0.4, 0.5) is 0 Å². The Kier molecular flexibility index (Phi) is 5.12. The average molecular weight is 422 g/mol. The molecule has 0 N–H and O–H groups in total. The number of hydrogen-bond acceptors (Lipinski definition) is 7. The molecular formula is C21H23N7OS. The molecule has 0 saturated heterocycles. The molecule has 154 valence electrons. The summed E-state index contributed by atoms with van der Waals surface area (Å²) in [5, 5.41) is 15.3. The second-order valence-corrected chi connectivity index (χ2v) is 8.47. The second-order valence-electron chi connectivity index (χ2n) is 7.48. The van der Waals surface area contributed by atoms with Gasteiger partial charge in [-0.05, 0) is 49.7 Å². The van der Waals surface area contributed by atoms with E-state index in [1.165, 1.54) is 25.6 Å². The molecule has 8 nitrogen and oxygen atoms in total. The maximum atomic E-state index is 5.61. The highest BCUT2D eigenvalue weighted by Gasteiger charge is 2.26. The summed E-state index contributed by atoms with van der Waals surface area (Å²) < 4.78 is 9.66. The Morgan fingerprint density at radius 1 is 1.10 bits per heavy atom.